The molecule has 2 N–H and O–H groups in total. The van der Waals surface area contributed by atoms with E-state index in [1.165, 1.54) is 0 Å². The molecule has 0 fully saturated rings. The molecule has 1 amide bonds. The summed E-state index contributed by atoms with van der Waals surface area (Å²) in [6, 6.07) is 3.70. The van der Waals surface area contributed by atoms with E-state index in [0.29, 0.717) is 11.5 Å². The molecule has 0 aliphatic rings. The number of nitrogens with zero attached hydrogens (tertiary/aromatic N) is 2. The molecule has 5 heteroatoms. The average Bonchev–Trinajstić information content (AvgIpc) is 2.37. The Bertz CT molecular complexity index is 436. The molecule has 21 heavy (non-hydrogen) atoms. The van der Waals surface area contributed by atoms with Crippen LogP contribution in [0.4, 0.5) is 5.82 Å². The molecule has 1 atom stereocenters. The van der Waals surface area contributed by atoms with Gasteiger partial charge >= 0.3 is 0 Å². The topological polar surface area (TPSA) is 57.3 Å². The second kappa shape index (κ2) is 8.62. The molecule has 118 valence electrons. The number of carbonyl (C=O) groups is 1. The first kappa shape index (κ1) is 17.4. The van der Waals surface area contributed by atoms with E-state index in [1.54, 1.807) is 18.3 Å². The van der Waals surface area contributed by atoms with E-state index in [2.05, 4.69) is 34.4 Å². The molecule has 1 heterocycles. The van der Waals surface area contributed by atoms with Crippen LogP contribution in [-0.4, -0.2) is 49.0 Å². The van der Waals surface area contributed by atoms with Gasteiger partial charge in [0, 0.05) is 30.9 Å². The van der Waals surface area contributed by atoms with Crippen LogP contribution in [0.15, 0.2) is 18.3 Å². The Balaban J connectivity index is 2.73. The molecule has 0 saturated heterocycles. The maximum atomic E-state index is 12.4. The molecule has 0 bridgehead atoms. The molecule has 0 aromatic carbocycles. The fraction of sp³-hybridized carbons (Fsp3) is 0.625. The highest BCUT2D eigenvalue weighted by atomic mass is 16.1. The van der Waals surface area contributed by atoms with Crippen LogP contribution in [0.3, 0.4) is 0 Å². The zero-order valence-corrected chi connectivity index (χ0v) is 13.8. The molecular weight excluding hydrogens is 264 g/mol. The predicted molar refractivity (Wildman–Crippen MR) is 87.7 cm³/mol. The first-order chi connectivity index (χ1) is 9.92. The van der Waals surface area contributed by atoms with Gasteiger partial charge in [0.1, 0.15) is 5.82 Å². The lowest BCUT2D eigenvalue weighted by Crippen LogP contribution is -2.42. The number of likely N-dealkylation sites (N-methyl/N-ethyl adjacent to an activating group) is 1. The maximum Gasteiger partial charge on any atom is 0.251 e. The van der Waals surface area contributed by atoms with Gasteiger partial charge in [-0.3, -0.25) is 4.79 Å². The third kappa shape index (κ3) is 6.58. The van der Waals surface area contributed by atoms with Crippen LogP contribution in [-0.2, 0) is 0 Å². The van der Waals surface area contributed by atoms with Crippen LogP contribution in [0.1, 0.15) is 37.6 Å². The maximum absolute atomic E-state index is 12.4. The van der Waals surface area contributed by atoms with Crippen LogP contribution >= 0.6 is 0 Å². The zero-order chi connectivity index (χ0) is 15.8. The Morgan fingerprint density at radius 2 is 2.10 bits per heavy atom. The van der Waals surface area contributed by atoms with Crippen LogP contribution in [0, 0.1) is 5.92 Å². The molecule has 0 saturated carbocycles. The largest absolute Gasteiger partial charge is 0.370 e. The first-order valence-corrected chi connectivity index (χ1v) is 7.57. The van der Waals surface area contributed by atoms with Crippen LogP contribution < -0.4 is 10.6 Å². The van der Waals surface area contributed by atoms with Crippen molar-refractivity contribution in [1.82, 2.24) is 15.2 Å². The second-order valence-electron chi connectivity index (χ2n) is 6.02. The van der Waals surface area contributed by atoms with Crippen molar-refractivity contribution in [1.29, 1.82) is 0 Å². The number of hydrogen-bond donors (Lipinski definition) is 2. The van der Waals surface area contributed by atoms with E-state index in [0.717, 1.165) is 25.3 Å². The molecular formula is C16H28N4O. The van der Waals surface area contributed by atoms with Gasteiger partial charge < -0.3 is 15.5 Å². The monoisotopic (exact) mass is 292 g/mol. The summed E-state index contributed by atoms with van der Waals surface area (Å²) in [5.41, 5.74) is 0.647. The van der Waals surface area contributed by atoms with Crippen molar-refractivity contribution >= 4 is 11.7 Å². The number of amides is 1. The molecule has 0 spiro atoms. The van der Waals surface area contributed by atoms with E-state index < -0.39 is 0 Å². The standard InChI is InChI=1S/C16H28N4O/c1-6-17-15-10-13(7-8-18-15)16(21)19-14(9-12(2)3)11-20(4)5/h7-8,10,12,14H,6,9,11H2,1-5H3,(H,17,18)(H,19,21). The number of carbonyl (C=O) groups excluding carboxylic acids is 1. The summed E-state index contributed by atoms with van der Waals surface area (Å²) in [5, 5.41) is 6.25. The summed E-state index contributed by atoms with van der Waals surface area (Å²) < 4.78 is 0. The minimum atomic E-state index is -0.0379. The van der Waals surface area contributed by atoms with Gasteiger partial charge in [-0.15, -0.1) is 0 Å². The lowest BCUT2D eigenvalue weighted by molar-refractivity contribution is 0.0924. The van der Waals surface area contributed by atoms with Gasteiger partial charge in [-0.2, -0.15) is 0 Å². The molecule has 1 unspecified atom stereocenters. The van der Waals surface area contributed by atoms with Crippen molar-refractivity contribution in [2.45, 2.75) is 33.2 Å². The van der Waals surface area contributed by atoms with Crippen molar-refractivity contribution in [3.05, 3.63) is 23.9 Å². The van der Waals surface area contributed by atoms with E-state index in [9.17, 15) is 4.79 Å². The number of anilines is 1. The third-order valence-corrected chi connectivity index (χ3v) is 3.06. The van der Waals surface area contributed by atoms with Crippen molar-refractivity contribution in [3.8, 4) is 0 Å². The molecule has 0 aliphatic carbocycles. The van der Waals surface area contributed by atoms with Crippen LogP contribution in [0.25, 0.3) is 0 Å². The van der Waals surface area contributed by atoms with Crippen LogP contribution in [0.5, 0.6) is 0 Å². The lowest BCUT2D eigenvalue weighted by Gasteiger charge is -2.24. The fourth-order valence-corrected chi connectivity index (χ4v) is 2.31. The highest BCUT2D eigenvalue weighted by Crippen LogP contribution is 2.09. The van der Waals surface area contributed by atoms with Gasteiger partial charge in [0.15, 0.2) is 0 Å². The third-order valence-electron chi connectivity index (χ3n) is 3.06. The van der Waals surface area contributed by atoms with Gasteiger partial charge in [0.2, 0.25) is 0 Å². The fourth-order valence-electron chi connectivity index (χ4n) is 2.31. The zero-order valence-electron chi connectivity index (χ0n) is 13.8. The highest BCUT2D eigenvalue weighted by Gasteiger charge is 2.16. The van der Waals surface area contributed by atoms with Crippen LogP contribution in [0.2, 0.25) is 0 Å². The summed E-state index contributed by atoms with van der Waals surface area (Å²) in [4.78, 5) is 18.7. The summed E-state index contributed by atoms with van der Waals surface area (Å²) >= 11 is 0. The van der Waals surface area contributed by atoms with Gasteiger partial charge in [0.05, 0.1) is 0 Å². The Labute approximate surface area is 128 Å². The first-order valence-electron chi connectivity index (χ1n) is 7.57. The lowest BCUT2D eigenvalue weighted by atomic mass is 10.0. The van der Waals surface area contributed by atoms with Gasteiger partial charge in [-0.25, -0.2) is 4.98 Å². The number of nitrogens with one attached hydrogen (secondary N) is 2. The summed E-state index contributed by atoms with van der Waals surface area (Å²) in [7, 11) is 4.05. The smallest absolute Gasteiger partial charge is 0.251 e. The molecule has 0 radical (unpaired) electrons. The Kier molecular flexibility index (Phi) is 7.15. The second-order valence-corrected chi connectivity index (χ2v) is 6.02. The molecule has 0 aliphatic heterocycles. The minimum absolute atomic E-state index is 0.0379. The Morgan fingerprint density at radius 3 is 2.67 bits per heavy atom. The number of hydrogen-bond acceptors (Lipinski definition) is 4. The van der Waals surface area contributed by atoms with Gasteiger partial charge in [0.25, 0.3) is 5.91 Å². The van der Waals surface area contributed by atoms with Crippen molar-refractivity contribution < 1.29 is 4.79 Å². The number of aromatic nitrogens is 1. The Morgan fingerprint density at radius 1 is 1.38 bits per heavy atom. The van der Waals surface area contributed by atoms with Crippen molar-refractivity contribution in [2.24, 2.45) is 5.92 Å². The van der Waals surface area contributed by atoms with Crippen molar-refractivity contribution in [2.75, 3.05) is 32.5 Å². The number of rotatable bonds is 8. The average molecular weight is 292 g/mol. The molecule has 1 aromatic rings. The summed E-state index contributed by atoms with van der Waals surface area (Å²) in [5.74, 6) is 1.24. The SMILES string of the molecule is CCNc1cc(C(=O)NC(CC(C)C)CN(C)C)ccn1. The summed E-state index contributed by atoms with van der Waals surface area (Å²) in [6.45, 7) is 7.98. The molecule has 1 rings (SSSR count). The molecule has 1 aromatic heterocycles. The van der Waals surface area contributed by atoms with E-state index in [-0.39, 0.29) is 11.9 Å². The van der Waals surface area contributed by atoms with E-state index in [1.807, 2.05) is 21.0 Å². The predicted octanol–water partition coefficient (Wildman–Crippen LogP) is 2.22. The van der Waals surface area contributed by atoms with Crippen molar-refractivity contribution in [3.63, 3.8) is 0 Å². The van der Waals surface area contributed by atoms with E-state index in [4.69, 9.17) is 0 Å². The highest BCUT2D eigenvalue weighted by molar-refractivity contribution is 5.95. The minimum Gasteiger partial charge on any atom is -0.370 e. The Hall–Kier alpha value is -1.62. The van der Waals surface area contributed by atoms with E-state index >= 15 is 0 Å². The van der Waals surface area contributed by atoms with Gasteiger partial charge in [-0.1, -0.05) is 13.8 Å². The normalized spacial score (nSPS) is 12.5. The quantitative estimate of drug-likeness (QED) is 0.771. The number of pyridine rings is 1. The molecule has 5 nitrogen and oxygen atoms in total. The van der Waals surface area contributed by atoms with Gasteiger partial charge in [-0.05, 0) is 45.5 Å². The summed E-state index contributed by atoms with van der Waals surface area (Å²) in [6.07, 6.45) is 2.63.